The van der Waals surface area contributed by atoms with E-state index in [0.29, 0.717) is 0 Å². The van der Waals surface area contributed by atoms with Gasteiger partial charge in [-0.05, 0) is 30.9 Å². The molecule has 0 bridgehead atoms. The predicted octanol–water partition coefficient (Wildman–Crippen LogP) is 2.37. The summed E-state index contributed by atoms with van der Waals surface area (Å²) in [5, 5.41) is 3.58. The Hall–Kier alpha value is 0.310. The van der Waals surface area contributed by atoms with E-state index in [9.17, 15) is 0 Å². The molecule has 0 aromatic heterocycles. The zero-order valence-corrected chi connectivity index (χ0v) is 9.29. The number of thioether (sulfide) groups is 1. The van der Waals surface area contributed by atoms with Crippen molar-refractivity contribution in [2.24, 2.45) is 11.8 Å². The molecule has 2 heteroatoms. The predicted molar refractivity (Wildman–Crippen MR) is 57.7 cm³/mol. The topological polar surface area (TPSA) is 12.0 Å². The highest BCUT2D eigenvalue weighted by atomic mass is 32.2. The molecule has 0 saturated heterocycles. The van der Waals surface area contributed by atoms with Gasteiger partial charge in [-0.3, -0.25) is 0 Å². The minimum absolute atomic E-state index is 0.838. The molecule has 0 spiro atoms. The van der Waals surface area contributed by atoms with E-state index >= 15 is 0 Å². The van der Waals surface area contributed by atoms with Crippen LogP contribution in [0.5, 0.6) is 0 Å². The first-order chi connectivity index (χ1) is 5.74. The fourth-order valence-corrected chi connectivity index (χ4v) is 2.06. The molecule has 72 valence electrons. The first kappa shape index (κ1) is 10.4. The third kappa shape index (κ3) is 2.98. The maximum atomic E-state index is 3.58. The van der Waals surface area contributed by atoms with Crippen LogP contribution < -0.4 is 5.32 Å². The molecule has 1 rings (SSSR count). The van der Waals surface area contributed by atoms with Crippen molar-refractivity contribution in [3.05, 3.63) is 0 Å². The van der Waals surface area contributed by atoms with Gasteiger partial charge in [-0.1, -0.05) is 13.8 Å². The van der Waals surface area contributed by atoms with E-state index in [1.807, 2.05) is 11.8 Å². The van der Waals surface area contributed by atoms with Crippen molar-refractivity contribution in [3.8, 4) is 0 Å². The molecule has 0 radical (unpaired) electrons. The van der Waals surface area contributed by atoms with Gasteiger partial charge in [0.25, 0.3) is 0 Å². The second-order valence-corrected chi connectivity index (χ2v) is 5.10. The quantitative estimate of drug-likeness (QED) is 0.663. The summed E-state index contributed by atoms with van der Waals surface area (Å²) in [5.41, 5.74) is 0. The SMILES string of the molecule is CSCCNC1CC(C(C)C)C1. The van der Waals surface area contributed by atoms with Crippen molar-refractivity contribution < 1.29 is 0 Å². The molecule has 1 aliphatic rings. The fraction of sp³-hybridized carbons (Fsp3) is 1.00. The van der Waals surface area contributed by atoms with Crippen LogP contribution in [0, 0.1) is 11.8 Å². The Morgan fingerprint density at radius 1 is 1.42 bits per heavy atom. The molecule has 12 heavy (non-hydrogen) atoms. The van der Waals surface area contributed by atoms with Gasteiger partial charge in [-0.2, -0.15) is 11.8 Å². The summed E-state index contributed by atoms with van der Waals surface area (Å²) in [7, 11) is 0. The van der Waals surface area contributed by atoms with Crippen molar-refractivity contribution in [2.45, 2.75) is 32.7 Å². The molecule has 1 N–H and O–H groups in total. The standard InChI is InChI=1S/C10H21NS/c1-8(2)9-6-10(7-9)11-4-5-12-3/h8-11H,4-7H2,1-3H3. The molecule has 0 heterocycles. The Labute approximate surface area is 80.7 Å². The van der Waals surface area contributed by atoms with Crippen LogP contribution in [-0.2, 0) is 0 Å². The molecule has 1 fully saturated rings. The summed E-state index contributed by atoms with van der Waals surface area (Å²) in [5.74, 6) is 3.14. The highest BCUT2D eigenvalue weighted by molar-refractivity contribution is 7.98. The Bertz CT molecular complexity index is 119. The van der Waals surface area contributed by atoms with E-state index in [4.69, 9.17) is 0 Å². The molecule has 0 aliphatic heterocycles. The smallest absolute Gasteiger partial charge is 0.00728 e. The van der Waals surface area contributed by atoms with Crippen LogP contribution in [0.25, 0.3) is 0 Å². The van der Waals surface area contributed by atoms with E-state index in [-0.39, 0.29) is 0 Å². The lowest BCUT2D eigenvalue weighted by Gasteiger charge is -2.38. The van der Waals surface area contributed by atoms with Crippen molar-refractivity contribution in [1.29, 1.82) is 0 Å². The van der Waals surface area contributed by atoms with Gasteiger partial charge in [0, 0.05) is 18.3 Å². The molecular weight excluding hydrogens is 166 g/mol. The zero-order valence-electron chi connectivity index (χ0n) is 8.47. The summed E-state index contributed by atoms with van der Waals surface area (Å²) in [6.07, 6.45) is 4.98. The van der Waals surface area contributed by atoms with Crippen LogP contribution >= 0.6 is 11.8 Å². The highest BCUT2D eigenvalue weighted by Crippen LogP contribution is 2.33. The second kappa shape index (κ2) is 5.13. The molecule has 0 aromatic carbocycles. The first-order valence-electron chi connectivity index (χ1n) is 4.96. The van der Waals surface area contributed by atoms with Gasteiger partial charge >= 0.3 is 0 Å². The number of rotatable bonds is 5. The average Bonchev–Trinajstić information content (AvgIpc) is 1.93. The molecule has 0 aromatic rings. The highest BCUT2D eigenvalue weighted by Gasteiger charge is 2.30. The van der Waals surface area contributed by atoms with E-state index in [1.165, 1.54) is 25.1 Å². The minimum Gasteiger partial charge on any atom is -0.313 e. The Morgan fingerprint density at radius 3 is 2.58 bits per heavy atom. The number of hydrogen-bond donors (Lipinski definition) is 1. The van der Waals surface area contributed by atoms with Gasteiger partial charge < -0.3 is 5.32 Å². The van der Waals surface area contributed by atoms with Gasteiger partial charge in [0.05, 0.1) is 0 Å². The van der Waals surface area contributed by atoms with E-state index in [0.717, 1.165) is 17.9 Å². The fourth-order valence-electron chi connectivity index (χ4n) is 1.74. The van der Waals surface area contributed by atoms with E-state index in [1.54, 1.807) is 0 Å². The molecule has 0 amide bonds. The third-order valence-electron chi connectivity index (χ3n) is 2.86. The monoisotopic (exact) mass is 187 g/mol. The van der Waals surface area contributed by atoms with Crippen LogP contribution in [-0.4, -0.2) is 24.6 Å². The first-order valence-corrected chi connectivity index (χ1v) is 6.35. The number of hydrogen-bond acceptors (Lipinski definition) is 2. The average molecular weight is 187 g/mol. The van der Waals surface area contributed by atoms with E-state index in [2.05, 4.69) is 25.4 Å². The summed E-state index contributed by atoms with van der Waals surface area (Å²) in [6.45, 7) is 5.86. The van der Waals surface area contributed by atoms with Crippen LogP contribution in [0.3, 0.4) is 0 Å². The van der Waals surface area contributed by atoms with Crippen molar-refractivity contribution in [3.63, 3.8) is 0 Å². The van der Waals surface area contributed by atoms with Gasteiger partial charge in [-0.25, -0.2) is 0 Å². The van der Waals surface area contributed by atoms with Crippen LogP contribution in [0.2, 0.25) is 0 Å². The molecular formula is C10H21NS. The lowest BCUT2D eigenvalue weighted by Crippen LogP contribution is -2.43. The normalized spacial score (nSPS) is 29.0. The van der Waals surface area contributed by atoms with Gasteiger partial charge in [0.2, 0.25) is 0 Å². The molecule has 1 aliphatic carbocycles. The summed E-state index contributed by atoms with van der Waals surface area (Å²) < 4.78 is 0. The summed E-state index contributed by atoms with van der Waals surface area (Å²) in [4.78, 5) is 0. The van der Waals surface area contributed by atoms with Crippen LogP contribution in [0.1, 0.15) is 26.7 Å². The maximum absolute atomic E-state index is 3.58. The second-order valence-electron chi connectivity index (χ2n) is 4.12. The summed E-state index contributed by atoms with van der Waals surface area (Å²) >= 11 is 1.92. The minimum atomic E-state index is 0.838. The lowest BCUT2D eigenvalue weighted by atomic mass is 9.74. The Balaban J connectivity index is 1.95. The molecule has 0 unspecified atom stereocenters. The Kier molecular flexibility index (Phi) is 4.44. The van der Waals surface area contributed by atoms with Crippen LogP contribution in [0.4, 0.5) is 0 Å². The molecule has 1 saturated carbocycles. The van der Waals surface area contributed by atoms with Gasteiger partial charge in [-0.15, -0.1) is 0 Å². The van der Waals surface area contributed by atoms with Crippen LogP contribution in [0.15, 0.2) is 0 Å². The zero-order chi connectivity index (χ0) is 8.97. The molecule has 0 atom stereocenters. The van der Waals surface area contributed by atoms with Crippen molar-refractivity contribution in [1.82, 2.24) is 5.32 Å². The lowest BCUT2D eigenvalue weighted by molar-refractivity contribution is 0.171. The number of nitrogens with one attached hydrogen (secondary N) is 1. The summed E-state index contributed by atoms with van der Waals surface area (Å²) in [6, 6.07) is 0.838. The van der Waals surface area contributed by atoms with Crippen molar-refractivity contribution in [2.75, 3.05) is 18.6 Å². The Morgan fingerprint density at radius 2 is 2.08 bits per heavy atom. The third-order valence-corrected chi connectivity index (χ3v) is 3.47. The van der Waals surface area contributed by atoms with Crippen molar-refractivity contribution >= 4 is 11.8 Å². The largest absolute Gasteiger partial charge is 0.313 e. The van der Waals surface area contributed by atoms with Gasteiger partial charge in [0.15, 0.2) is 0 Å². The van der Waals surface area contributed by atoms with Gasteiger partial charge in [0.1, 0.15) is 0 Å². The molecule has 1 nitrogen and oxygen atoms in total. The van der Waals surface area contributed by atoms with E-state index < -0.39 is 0 Å². The maximum Gasteiger partial charge on any atom is 0.00728 e.